The van der Waals surface area contributed by atoms with E-state index in [9.17, 15) is 14.7 Å². The molecule has 5 nitrogen and oxygen atoms in total. The molecule has 1 aromatic carbocycles. The number of benzene rings is 1. The Bertz CT molecular complexity index is 542. The molecule has 1 amide bonds. The normalized spacial score (nSPS) is 16.6. The van der Waals surface area contributed by atoms with E-state index in [2.05, 4.69) is 5.32 Å². The Balaban J connectivity index is 1.80. The van der Waals surface area contributed by atoms with Crippen LogP contribution in [0.5, 0.6) is 5.75 Å². The molecule has 1 saturated heterocycles. The van der Waals surface area contributed by atoms with Gasteiger partial charge in [-0.25, -0.2) is 4.79 Å². The van der Waals surface area contributed by atoms with Crippen LogP contribution in [0, 0.1) is 0 Å². The Morgan fingerprint density at radius 2 is 1.96 bits per heavy atom. The minimum Gasteiger partial charge on any atom is -0.497 e. The van der Waals surface area contributed by atoms with Crippen molar-refractivity contribution in [3.63, 3.8) is 0 Å². The summed E-state index contributed by atoms with van der Waals surface area (Å²) in [6.45, 7) is 0. The predicted molar refractivity (Wildman–Crippen MR) is 93.4 cm³/mol. The van der Waals surface area contributed by atoms with Crippen molar-refractivity contribution >= 4 is 35.4 Å². The number of carbonyl (C=O) groups is 2. The summed E-state index contributed by atoms with van der Waals surface area (Å²) in [5.41, 5.74) is -1.08. The first kappa shape index (κ1) is 18.0. The van der Waals surface area contributed by atoms with E-state index < -0.39 is 11.5 Å². The second-order valence-electron chi connectivity index (χ2n) is 5.32. The van der Waals surface area contributed by atoms with Crippen LogP contribution in [0.25, 0.3) is 0 Å². The molecule has 7 heteroatoms. The molecule has 1 heterocycles. The molecule has 0 bridgehead atoms. The van der Waals surface area contributed by atoms with E-state index in [1.54, 1.807) is 30.6 Å². The van der Waals surface area contributed by atoms with Crippen LogP contribution in [-0.4, -0.2) is 46.9 Å². The number of rotatable bonds is 7. The zero-order valence-electron chi connectivity index (χ0n) is 13.0. The number of methoxy groups -OCH3 is 1. The summed E-state index contributed by atoms with van der Waals surface area (Å²) in [5.74, 6) is 1.84. The van der Waals surface area contributed by atoms with Gasteiger partial charge in [-0.1, -0.05) is 0 Å². The lowest BCUT2D eigenvalue weighted by Gasteiger charge is -2.33. The van der Waals surface area contributed by atoms with Crippen molar-refractivity contribution in [3.8, 4) is 5.75 Å². The summed E-state index contributed by atoms with van der Waals surface area (Å²) >= 11 is 3.30. The Labute approximate surface area is 144 Å². The van der Waals surface area contributed by atoms with Crippen molar-refractivity contribution in [2.24, 2.45) is 0 Å². The quantitative estimate of drug-likeness (QED) is 0.733. The van der Waals surface area contributed by atoms with E-state index >= 15 is 0 Å². The summed E-state index contributed by atoms with van der Waals surface area (Å²) in [6, 6.07) is 7.64. The maximum Gasteiger partial charge on any atom is 0.329 e. The fourth-order valence-corrected chi connectivity index (χ4v) is 4.42. The highest BCUT2D eigenvalue weighted by molar-refractivity contribution is 7.99. The number of amides is 1. The Kier molecular flexibility index (Phi) is 6.65. The lowest BCUT2D eigenvalue weighted by molar-refractivity contribution is -0.148. The maximum absolute atomic E-state index is 12.1. The van der Waals surface area contributed by atoms with Gasteiger partial charge < -0.3 is 15.2 Å². The minimum atomic E-state index is -1.08. The molecule has 1 fully saturated rings. The summed E-state index contributed by atoms with van der Waals surface area (Å²) in [5, 5.41) is 12.2. The Morgan fingerprint density at radius 1 is 1.30 bits per heavy atom. The SMILES string of the molecule is COc1ccc(SCCC(=O)NC2(C(=O)O)CCSCC2)cc1. The van der Waals surface area contributed by atoms with Crippen LogP contribution < -0.4 is 10.1 Å². The van der Waals surface area contributed by atoms with Gasteiger partial charge in [0.15, 0.2) is 0 Å². The average Bonchev–Trinajstić information content (AvgIpc) is 2.56. The molecule has 0 radical (unpaired) electrons. The smallest absolute Gasteiger partial charge is 0.329 e. The fourth-order valence-electron chi connectivity index (χ4n) is 2.38. The monoisotopic (exact) mass is 355 g/mol. The zero-order chi connectivity index (χ0) is 16.7. The third-order valence-electron chi connectivity index (χ3n) is 3.79. The molecule has 23 heavy (non-hydrogen) atoms. The largest absolute Gasteiger partial charge is 0.497 e. The number of aliphatic carboxylic acids is 1. The number of hydrogen-bond acceptors (Lipinski definition) is 5. The van der Waals surface area contributed by atoms with Crippen LogP contribution in [0.4, 0.5) is 0 Å². The highest BCUT2D eigenvalue weighted by atomic mass is 32.2. The predicted octanol–water partition coefficient (Wildman–Crippen LogP) is 2.64. The van der Waals surface area contributed by atoms with Gasteiger partial charge in [0, 0.05) is 17.1 Å². The van der Waals surface area contributed by atoms with Gasteiger partial charge in [-0.05, 0) is 48.6 Å². The first-order valence-electron chi connectivity index (χ1n) is 7.45. The molecular weight excluding hydrogens is 334 g/mol. The lowest BCUT2D eigenvalue weighted by atomic mass is 9.92. The molecule has 2 N–H and O–H groups in total. The Hall–Kier alpha value is -1.34. The number of carbonyl (C=O) groups excluding carboxylic acids is 1. The lowest BCUT2D eigenvalue weighted by Crippen LogP contribution is -2.56. The van der Waals surface area contributed by atoms with Crippen molar-refractivity contribution < 1.29 is 19.4 Å². The highest BCUT2D eigenvalue weighted by Gasteiger charge is 2.41. The topological polar surface area (TPSA) is 75.6 Å². The molecule has 2 rings (SSSR count). The van der Waals surface area contributed by atoms with Crippen LogP contribution in [-0.2, 0) is 9.59 Å². The van der Waals surface area contributed by atoms with Crippen LogP contribution in [0.15, 0.2) is 29.2 Å². The second-order valence-corrected chi connectivity index (χ2v) is 7.71. The van der Waals surface area contributed by atoms with Gasteiger partial charge in [0.2, 0.25) is 5.91 Å². The number of ether oxygens (including phenoxy) is 1. The molecule has 1 aliphatic heterocycles. The third kappa shape index (κ3) is 5.07. The van der Waals surface area contributed by atoms with Gasteiger partial charge in [0.1, 0.15) is 11.3 Å². The molecule has 0 aliphatic carbocycles. The van der Waals surface area contributed by atoms with Gasteiger partial charge in [-0.2, -0.15) is 11.8 Å². The number of hydrogen-bond donors (Lipinski definition) is 2. The molecular formula is C16H21NO4S2. The molecule has 0 atom stereocenters. The van der Waals surface area contributed by atoms with Crippen molar-refractivity contribution in [1.29, 1.82) is 0 Å². The number of carboxylic acid groups (broad SMARTS) is 1. The molecule has 126 valence electrons. The average molecular weight is 355 g/mol. The fraction of sp³-hybridized carbons (Fsp3) is 0.500. The van der Waals surface area contributed by atoms with E-state index in [0.717, 1.165) is 22.2 Å². The zero-order valence-corrected chi connectivity index (χ0v) is 14.7. The molecule has 0 spiro atoms. The van der Waals surface area contributed by atoms with E-state index in [-0.39, 0.29) is 5.91 Å². The maximum atomic E-state index is 12.1. The first-order chi connectivity index (χ1) is 11.1. The van der Waals surface area contributed by atoms with Crippen molar-refractivity contribution in [2.75, 3.05) is 24.4 Å². The summed E-state index contributed by atoms with van der Waals surface area (Å²) < 4.78 is 5.10. The van der Waals surface area contributed by atoms with E-state index in [0.29, 0.717) is 25.0 Å². The van der Waals surface area contributed by atoms with Crippen molar-refractivity contribution in [1.82, 2.24) is 5.32 Å². The van der Waals surface area contributed by atoms with Gasteiger partial charge in [-0.3, -0.25) is 4.79 Å². The van der Waals surface area contributed by atoms with Gasteiger partial charge in [0.05, 0.1) is 7.11 Å². The second kappa shape index (κ2) is 8.49. The summed E-state index contributed by atoms with van der Waals surface area (Å²) in [7, 11) is 1.62. The van der Waals surface area contributed by atoms with Gasteiger partial charge in [-0.15, -0.1) is 11.8 Å². The molecule has 0 unspecified atom stereocenters. The van der Waals surface area contributed by atoms with Crippen molar-refractivity contribution in [3.05, 3.63) is 24.3 Å². The van der Waals surface area contributed by atoms with E-state index in [4.69, 9.17) is 4.74 Å². The number of nitrogens with one attached hydrogen (secondary N) is 1. The van der Waals surface area contributed by atoms with Gasteiger partial charge in [0.25, 0.3) is 0 Å². The van der Waals surface area contributed by atoms with Crippen LogP contribution in [0.1, 0.15) is 19.3 Å². The third-order valence-corrected chi connectivity index (χ3v) is 5.79. The summed E-state index contributed by atoms with van der Waals surface area (Å²) in [6.07, 6.45) is 1.29. The Morgan fingerprint density at radius 3 is 2.52 bits per heavy atom. The van der Waals surface area contributed by atoms with Gasteiger partial charge >= 0.3 is 5.97 Å². The number of thioether (sulfide) groups is 2. The molecule has 1 aliphatic rings. The standard InChI is InChI=1S/C16H21NO4S2/c1-21-12-2-4-13(5-3-12)23-9-6-14(18)17-16(15(19)20)7-10-22-11-8-16/h2-5H,6-11H2,1H3,(H,17,18)(H,19,20). The first-order valence-corrected chi connectivity index (χ1v) is 9.59. The highest BCUT2D eigenvalue weighted by Crippen LogP contribution is 2.28. The molecule has 1 aromatic rings. The van der Waals surface area contributed by atoms with Crippen LogP contribution in [0.2, 0.25) is 0 Å². The van der Waals surface area contributed by atoms with Crippen molar-refractivity contribution in [2.45, 2.75) is 29.7 Å². The van der Waals surface area contributed by atoms with Crippen LogP contribution in [0.3, 0.4) is 0 Å². The molecule has 0 aromatic heterocycles. The van der Waals surface area contributed by atoms with E-state index in [1.165, 1.54) is 0 Å². The van der Waals surface area contributed by atoms with Crippen LogP contribution >= 0.6 is 23.5 Å². The summed E-state index contributed by atoms with van der Waals surface area (Å²) in [4.78, 5) is 24.7. The molecule has 0 saturated carbocycles. The van der Waals surface area contributed by atoms with E-state index in [1.807, 2.05) is 24.3 Å². The minimum absolute atomic E-state index is 0.194. The number of carboxylic acids is 1.